The maximum Gasteiger partial charge on any atom is 0.228 e. The number of pyridine rings is 1. The first-order chi connectivity index (χ1) is 20.1. The van der Waals surface area contributed by atoms with Crippen molar-refractivity contribution in [3.63, 3.8) is 0 Å². The fourth-order valence-corrected chi connectivity index (χ4v) is 11.4. The van der Waals surface area contributed by atoms with Crippen LogP contribution in [-0.4, -0.2) is 8.07 Å². The molecule has 42 heavy (non-hydrogen) atoms. The summed E-state index contributed by atoms with van der Waals surface area (Å²) in [6.07, 6.45) is 4.36. The molecule has 1 aliphatic heterocycles. The number of aryl methyl sites for hydroxylation is 2. The fraction of sp³-hybridized carbons (Fsp3) is 0.410. The van der Waals surface area contributed by atoms with Gasteiger partial charge in [-0.3, -0.25) is 0 Å². The van der Waals surface area contributed by atoms with Gasteiger partial charge in [0.15, 0.2) is 6.20 Å². The molecule has 3 heteroatoms. The minimum absolute atomic E-state index is 0.528. The monoisotopic (exact) mass is 574 g/mol. The van der Waals surface area contributed by atoms with Gasteiger partial charge in [0, 0.05) is 17.0 Å². The summed E-state index contributed by atoms with van der Waals surface area (Å²) >= 11 is 0. The number of hydrogen-bond donors (Lipinski definition) is 0. The first-order valence-electron chi connectivity index (χ1n) is 16.3. The summed E-state index contributed by atoms with van der Waals surface area (Å²) in [5.74, 6) is 3.21. The molecule has 0 N–H and O–H groups in total. The lowest BCUT2D eigenvalue weighted by atomic mass is 9.85. The topological polar surface area (TPSA) is 13.1 Å². The Morgan fingerprint density at radius 2 is 1.48 bits per heavy atom. The summed E-state index contributed by atoms with van der Waals surface area (Å²) in [6.45, 7) is 18.8. The highest BCUT2D eigenvalue weighted by molar-refractivity contribution is 6.91. The van der Waals surface area contributed by atoms with Crippen molar-refractivity contribution in [2.75, 3.05) is 0 Å². The fourth-order valence-electron chi connectivity index (χ4n) is 7.78. The van der Waals surface area contributed by atoms with Crippen LogP contribution in [0.5, 0.6) is 11.5 Å². The van der Waals surface area contributed by atoms with Crippen molar-refractivity contribution in [3.8, 4) is 22.8 Å². The van der Waals surface area contributed by atoms with Crippen LogP contribution in [0.4, 0.5) is 0 Å². The Morgan fingerprint density at radius 3 is 2.14 bits per heavy atom. The van der Waals surface area contributed by atoms with Crippen molar-refractivity contribution in [1.29, 1.82) is 0 Å². The smallest absolute Gasteiger partial charge is 0.228 e. The van der Waals surface area contributed by atoms with Crippen LogP contribution in [0.3, 0.4) is 0 Å². The van der Waals surface area contributed by atoms with Gasteiger partial charge < -0.3 is 4.74 Å². The van der Waals surface area contributed by atoms with Crippen molar-refractivity contribution >= 4 is 45.6 Å². The highest BCUT2D eigenvalue weighted by atomic mass is 28.3. The van der Waals surface area contributed by atoms with E-state index in [-0.39, 0.29) is 0 Å². The Bertz CT molecular complexity index is 1840. The number of ether oxygens (including phenoxy) is 1. The lowest BCUT2D eigenvalue weighted by molar-refractivity contribution is -0.659. The first kappa shape index (κ1) is 28.9. The molecule has 0 bridgehead atoms. The molecule has 0 atom stereocenters. The van der Waals surface area contributed by atoms with E-state index in [0.717, 1.165) is 24.3 Å². The van der Waals surface area contributed by atoms with Crippen LogP contribution in [0.25, 0.3) is 43.6 Å². The lowest BCUT2D eigenvalue weighted by Gasteiger charge is -2.29. The maximum atomic E-state index is 7.08. The number of hydrogen-bond acceptors (Lipinski definition) is 1. The molecule has 0 radical (unpaired) electrons. The second-order valence-electron chi connectivity index (χ2n) is 13.7. The SMILES string of the molecule is CC[Si](CC)(CC)c1ccc2cc3c4c([n+](C)ccc4c2c1)-c1c(c(CC(C)C)c2ccc(CC(C)C)cc2c1C)O3. The Kier molecular flexibility index (Phi) is 7.46. The molecule has 6 rings (SSSR count). The molecule has 1 aromatic heterocycles. The zero-order valence-corrected chi connectivity index (χ0v) is 28.2. The minimum atomic E-state index is -1.50. The van der Waals surface area contributed by atoms with Crippen LogP contribution in [0.15, 0.2) is 54.7 Å². The van der Waals surface area contributed by atoms with E-state index in [1.165, 1.54) is 78.4 Å². The van der Waals surface area contributed by atoms with E-state index in [1.807, 2.05) is 0 Å². The van der Waals surface area contributed by atoms with E-state index in [1.54, 1.807) is 5.19 Å². The highest BCUT2D eigenvalue weighted by Crippen LogP contribution is 2.52. The van der Waals surface area contributed by atoms with Crippen LogP contribution >= 0.6 is 0 Å². The second kappa shape index (κ2) is 10.8. The zero-order valence-electron chi connectivity index (χ0n) is 27.2. The van der Waals surface area contributed by atoms with E-state index in [2.05, 4.69) is 122 Å². The van der Waals surface area contributed by atoms with Crippen molar-refractivity contribution in [2.45, 2.75) is 86.4 Å². The average molecular weight is 575 g/mol. The molecule has 4 aromatic carbocycles. The molecule has 0 amide bonds. The summed E-state index contributed by atoms with van der Waals surface area (Å²) in [5, 5.41) is 9.53. The van der Waals surface area contributed by atoms with Gasteiger partial charge in [-0.25, -0.2) is 4.57 Å². The molecule has 0 saturated carbocycles. The summed E-state index contributed by atoms with van der Waals surface area (Å²) in [6, 6.07) is 23.0. The molecule has 0 aliphatic carbocycles. The third-order valence-corrected chi connectivity index (χ3v) is 15.8. The van der Waals surface area contributed by atoms with Crippen LogP contribution in [0.2, 0.25) is 18.1 Å². The Hall–Kier alpha value is -3.17. The van der Waals surface area contributed by atoms with Crippen LogP contribution in [0.1, 0.15) is 65.2 Å². The Balaban J connectivity index is 1.70. The van der Waals surface area contributed by atoms with Crippen LogP contribution in [0, 0.1) is 18.8 Å². The van der Waals surface area contributed by atoms with E-state index in [4.69, 9.17) is 4.74 Å². The molecule has 0 fully saturated rings. The van der Waals surface area contributed by atoms with Gasteiger partial charge in [-0.05, 0) is 70.3 Å². The molecule has 0 saturated heterocycles. The quantitative estimate of drug-likeness (QED) is 0.100. The lowest BCUT2D eigenvalue weighted by Crippen LogP contribution is -2.45. The summed E-state index contributed by atoms with van der Waals surface area (Å²) in [4.78, 5) is 0. The predicted molar refractivity (Wildman–Crippen MR) is 184 cm³/mol. The highest BCUT2D eigenvalue weighted by Gasteiger charge is 2.34. The Labute approximate surface area is 253 Å². The van der Waals surface area contributed by atoms with Gasteiger partial charge in [0.25, 0.3) is 0 Å². The van der Waals surface area contributed by atoms with Crippen molar-refractivity contribution in [3.05, 3.63) is 71.4 Å². The van der Waals surface area contributed by atoms with E-state index in [9.17, 15) is 0 Å². The number of aromatic nitrogens is 1. The number of fused-ring (bicyclic) bond motifs is 5. The summed E-state index contributed by atoms with van der Waals surface area (Å²) in [7, 11) is 0.702. The maximum absolute atomic E-state index is 7.08. The average Bonchev–Trinajstić information content (AvgIpc) is 2.97. The normalized spacial score (nSPS) is 13.0. The molecule has 0 spiro atoms. The van der Waals surface area contributed by atoms with E-state index < -0.39 is 8.07 Å². The minimum Gasteiger partial charge on any atom is -0.455 e. The third-order valence-electron chi connectivity index (χ3n) is 10.2. The molecule has 2 heterocycles. The molecule has 2 nitrogen and oxygen atoms in total. The van der Waals surface area contributed by atoms with Gasteiger partial charge in [0.1, 0.15) is 18.5 Å². The number of rotatable bonds is 8. The molecule has 5 aromatic rings. The van der Waals surface area contributed by atoms with E-state index in [0.29, 0.717) is 11.8 Å². The van der Waals surface area contributed by atoms with Gasteiger partial charge in [-0.1, -0.05) is 108 Å². The second-order valence-corrected chi connectivity index (χ2v) is 19.0. The number of benzene rings is 4. The van der Waals surface area contributed by atoms with Gasteiger partial charge in [0.05, 0.1) is 19.0 Å². The van der Waals surface area contributed by atoms with Gasteiger partial charge in [0.2, 0.25) is 5.69 Å². The molecule has 1 aliphatic rings. The van der Waals surface area contributed by atoms with Crippen LogP contribution in [-0.2, 0) is 19.9 Å². The molecular formula is C39H48NOSi+. The largest absolute Gasteiger partial charge is 0.455 e. The molecular weight excluding hydrogens is 527 g/mol. The third kappa shape index (κ3) is 4.47. The number of nitrogens with zero attached hydrogens (tertiary/aromatic N) is 1. The van der Waals surface area contributed by atoms with Gasteiger partial charge >= 0.3 is 0 Å². The van der Waals surface area contributed by atoms with Crippen molar-refractivity contribution in [1.82, 2.24) is 0 Å². The summed E-state index contributed by atoms with van der Waals surface area (Å²) < 4.78 is 9.42. The van der Waals surface area contributed by atoms with Crippen molar-refractivity contribution < 1.29 is 9.30 Å². The molecule has 218 valence electrons. The molecule has 0 unspecified atom stereocenters. The predicted octanol–water partition coefficient (Wildman–Crippen LogP) is 10.2. The summed E-state index contributed by atoms with van der Waals surface area (Å²) in [5.41, 5.74) is 6.66. The van der Waals surface area contributed by atoms with E-state index >= 15 is 0 Å². The first-order valence-corrected chi connectivity index (χ1v) is 18.9. The van der Waals surface area contributed by atoms with Gasteiger partial charge in [-0.2, -0.15) is 0 Å². The van der Waals surface area contributed by atoms with Gasteiger partial charge in [-0.15, -0.1) is 0 Å². The Morgan fingerprint density at radius 1 is 0.762 bits per heavy atom. The zero-order chi connectivity index (χ0) is 29.9. The standard InChI is InChI=1S/C39H48NOSi/c1-10-42(11-2,12-3)29-15-14-28-22-35-37-31(33(28)23-29)17-18-40(9)38(37)36-26(8)32-21-27(19-24(4)5)13-16-30(32)34(20-25(6)7)39(36)41-35/h13-18,21-25H,10-12,19-20H2,1-9H3/q+1. The van der Waals surface area contributed by atoms with Crippen molar-refractivity contribution in [2.24, 2.45) is 18.9 Å². The van der Waals surface area contributed by atoms with Crippen LogP contribution < -0.4 is 14.5 Å².